The third kappa shape index (κ3) is 5.26. The van der Waals surface area contributed by atoms with Crippen LogP contribution in [0.3, 0.4) is 0 Å². The molecule has 7 heteroatoms. The normalized spacial score (nSPS) is 17.4. The van der Waals surface area contributed by atoms with Crippen molar-refractivity contribution in [2.45, 2.75) is 17.7 Å². The fourth-order valence-electron chi connectivity index (χ4n) is 2.57. The molecule has 1 aromatic carbocycles. The Balaban J connectivity index is 1.80. The molecule has 0 aromatic heterocycles. The second-order valence-corrected chi connectivity index (χ2v) is 6.92. The summed E-state index contributed by atoms with van der Waals surface area (Å²) in [5.41, 5.74) is 0. The standard InChI is InChI=1S/C17H22N2O4S/c1-18(16(21)12-24-14-7-3-2-4-8-14)11-15(20)19-9-5-6-13(10-19)17(22)23/h2-4,7-8,13H,5-6,9-12H2,1H3,(H,22,23). The molecule has 1 heterocycles. The second-order valence-electron chi connectivity index (χ2n) is 5.87. The number of carbonyl (C=O) groups excluding carboxylic acids is 2. The van der Waals surface area contributed by atoms with E-state index in [0.29, 0.717) is 19.4 Å². The number of aliphatic carboxylic acids is 1. The number of carbonyl (C=O) groups is 3. The van der Waals surface area contributed by atoms with Crippen molar-refractivity contribution in [3.63, 3.8) is 0 Å². The summed E-state index contributed by atoms with van der Waals surface area (Å²) < 4.78 is 0. The Morgan fingerprint density at radius 1 is 1.29 bits per heavy atom. The number of carboxylic acids is 1. The zero-order chi connectivity index (χ0) is 17.5. The maximum absolute atomic E-state index is 12.3. The molecule has 0 saturated carbocycles. The molecule has 1 unspecified atom stereocenters. The number of benzene rings is 1. The van der Waals surface area contributed by atoms with Gasteiger partial charge in [-0.15, -0.1) is 11.8 Å². The number of nitrogens with zero attached hydrogens (tertiary/aromatic N) is 2. The molecule has 1 aliphatic heterocycles. The van der Waals surface area contributed by atoms with Crippen LogP contribution >= 0.6 is 11.8 Å². The zero-order valence-corrected chi connectivity index (χ0v) is 14.5. The maximum atomic E-state index is 12.3. The molecule has 0 radical (unpaired) electrons. The summed E-state index contributed by atoms with van der Waals surface area (Å²) in [6.07, 6.45) is 1.28. The van der Waals surface area contributed by atoms with E-state index in [1.165, 1.54) is 16.7 Å². The van der Waals surface area contributed by atoms with Crippen LogP contribution < -0.4 is 0 Å². The summed E-state index contributed by atoms with van der Waals surface area (Å²) in [6, 6.07) is 9.61. The molecule has 0 aliphatic carbocycles. The highest BCUT2D eigenvalue weighted by molar-refractivity contribution is 8.00. The van der Waals surface area contributed by atoms with Crippen LogP contribution in [-0.4, -0.2) is 65.1 Å². The summed E-state index contributed by atoms with van der Waals surface area (Å²) in [4.78, 5) is 39.5. The largest absolute Gasteiger partial charge is 0.481 e. The molecule has 2 rings (SSSR count). The number of hydrogen-bond donors (Lipinski definition) is 1. The predicted octanol–water partition coefficient (Wildman–Crippen LogP) is 1.56. The quantitative estimate of drug-likeness (QED) is 0.788. The van der Waals surface area contributed by atoms with Crippen molar-refractivity contribution < 1.29 is 19.5 Å². The van der Waals surface area contributed by atoms with Gasteiger partial charge in [-0.05, 0) is 25.0 Å². The van der Waals surface area contributed by atoms with Crippen LogP contribution in [0.5, 0.6) is 0 Å². The Bertz CT molecular complexity index is 594. The van der Waals surface area contributed by atoms with Crippen LogP contribution in [0.1, 0.15) is 12.8 Å². The Morgan fingerprint density at radius 2 is 2.00 bits per heavy atom. The Kier molecular flexibility index (Phi) is 6.66. The highest BCUT2D eigenvalue weighted by atomic mass is 32.2. The van der Waals surface area contributed by atoms with E-state index in [4.69, 9.17) is 5.11 Å². The first kappa shape index (κ1) is 18.3. The highest BCUT2D eigenvalue weighted by Crippen LogP contribution is 2.18. The van der Waals surface area contributed by atoms with Crippen molar-refractivity contribution in [3.8, 4) is 0 Å². The summed E-state index contributed by atoms with van der Waals surface area (Å²) >= 11 is 1.43. The molecule has 0 spiro atoms. The first-order valence-corrected chi connectivity index (χ1v) is 8.88. The van der Waals surface area contributed by atoms with Gasteiger partial charge < -0.3 is 14.9 Å². The number of carboxylic acid groups (broad SMARTS) is 1. The van der Waals surface area contributed by atoms with E-state index in [1.807, 2.05) is 30.3 Å². The lowest BCUT2D eigenvalue weighted by Gasteiger charge is -2.32. The molecule has 1 saturated heterocycles. The number of likely N-dealkylation sites (N-methyl/N-ethyl adjacent to an activating group) is 1. The van der Waals surface area contributed by atoms with E-state index in [2.05, 4.69) is 0 Å². The van der Waals surface area contributed by atoms with Crippen molar-refractivity contribution in [2.75, 3.05) is 32.4 Å². The van der Waals surface area contributed by atoms with E-state index in [9.17, 15) is 14.4 Å². The van der Waals surface area contributed by atoms with Gasteiger partial charge in [-0.3, -0.25) is 14.4 Å². The average Bonchev–Trinajstić information content (AvgIpc) is 2.60. The van der Waals surface area contributed by atoms with E-state index in [0.717, 1.165) is 4.90 Å². The smallest absolute Gasteiger partial charge is 0.308 e. The third-order valence-corrected chi connectivity index (χ3v) is 5.02. The molecule has 130 valence electrons. The number of amides is 2. The molecule has 2 amide bonds. The van der Waals surface area contributed by atoms with Gasteiger partial charge in [-0.1, -0.05) is 18.2 Å². The first-order chi connectivity index (χ1) is 11.5. The van der Waals surface area contributed by atoms with Gasteiger partial charge >= 0.3 is 5.97 Å². The minimum Gasteiger partial charge on any atom is -0.481 e. The van der Waals surface area contributed by atoms with Gasteiger partial charge in [-0.25, -0.2) is 0 Å². The van der Waals surface area contributed by atoms with E-state index >= 15 is 0 Å². The molecular formula is C17H22N2O4S. The molecule has 0 bridgehead atoms. The van der Waals surface area contributed by atoms with Gasteiger partial charge in [-0.2, -0.15) is 0 Å². The van der Waals surface area contributed by atoms with Crippen LogP contribution in [0.25, 0.3) is 0 Å². The lowest BCUT2D eigenvalue weighted by atomic mass is 9.98. The number of piperidine rings is 1. The fourth-order valence-corrected chi connectivity index (χ4v) is 3.43. The van der Waals surface area contributed by atoms with E-state index < -0.39 is 11.9 Å². The molecule has 1 fully saturated rings. The molecule has 1 aliphatic rings. The number of thioether (sulfide) groups is 1. The average molecular weight is 350 g/mol. The van der Waals surface area contributed by atoms with Crippen LogP contribution in [0.15, 0.2) is 35.2 Å². The highest BCUT2D eigenvalue weighted by Gasteiger charge is 2.28. The van der Waals surface area contributed by atoms with Crippen molar-refractivity contribution in [1.29, 1.82) is 0 Å². The van der Waals surface area contributed by atoms with Crippen molar-refractivity contribution >= 4 is 29.5 Å². The third-order valence-electron chi connectivity index (χ3n) is 4.03. The van der Waals surface area contributed by atoms with Crippen molar-refractivity contribution in [2.24, 2.45) is 5.92 Å². The Morgan fingerprint density at radius 3 is 2.67 bits per heavy atom. The van der Waals surface area contributed by atoms with Gasteiger partial charge in [0, 0.05) is 25.0 Å². The van der Waals surface area contributed by atoms with Crippen molar-refractivity contribution in [1.82, 2.24) is 9.80 Å². The molecule has 6 nitrogen and oxygen atoms in total. The van der Waals surface area contributed by atoms with Gasteiger partial charge in [0.05, 0.1) is 18.2 Å². The van der Waals surface area contributed by atoms with Crippen LogP contribution in [0.4, 0.5) is 0 Å². The maximum Gasteiger partial charge on any atom is 0.308 e. The first-order valence-electron chi connectivity index (χ1n) is 7.89. The van der Waals surface area contributed by atoms with E-state index in [1.54, 1.807) is 11.9 Å². The van der Waals surface area contributed by atoms with Crippen molar-refractivity contribution in [3.05, 3.63) is 30.3 Å². The molecule has 1 aromatic rings. The molecule has 24 heavy (non-hydrogen) atoms. The predicted molar refractivity (Wildman–Crippen MR) is 91.7 cm³/mol. The molecule has 1 N–H and O–H groups in total. The van der Waals surface area contributed by atoms with Gasteiger partial charge in [0.15, 0.2) is 0 Å². The Labute approximate surface area is 145 Å². The van der Waals surface area contributed by atoms with Gasteiger partial charge in [0.2, 0.25) is 11.8 Å². The lowest BCUT2D eigenvalue weighted by molar-refractivity contribution is -0.147. The minimum atomic E-state index is -0.865. The lowest BCUT2D eigenvalue weighted by Crippen LogP contribution is -2.47. The van der Waals surface area contributed by atoms with Crippen LogP contribution in [0, 0.1) is 5.92 Å². The minimum absolute atomic E-state index is 0.0134. The molecule has 1 atom stereocenters. The summed E-state index contributed by atoms with van der Waals surface area (Å²) in [5.74, 6) is -1.41. The summed E-state index contributed by atoms with van der Waals surface area (Å²) in [6.45, 7) is 0.777. The fraction of sp³-hybridized carbons (Fsp3) is 0.471. The van der Waals surface area contributed by atoms with E-state index in [-0.39, 0.29) is 30.7 Å². The molecular weight excluding hydrogens is 328 g/mol. The van der Waals surface area contributed by atoms with Gasteiger partial charge in [0.1, 0.15) is 0 Å². The second kappa shape index (κ2) is 8.73. The number of hydrogen-bond acceptors (Lipinski definition) is 4. The number of likely N-dealkylation sites (tertiary alicyclic amines) is 1. The zero-order valence-electron chi connectivity index (χ0n) is 13.7. The monoisotopic (exact) mass is 350 g/mol. The Hall–Kier alpha value is -2.02. The van der Waals surface area contributed by atoms with Gasteiger partial charge in [0.25, 0.3) is 0 Å². The summed E-state index contributed by atoms with van der Waals surface area (Å²) in [7, 11) is 1.60. The topological polar surface area (TPSA) is 77.9 Å². The van der Waals surface area contributed by atoms with Crippen LogP contribution in [0.2, 0.25) is 0 Å². The van der Waals surface area contributed by atoms with Crippen LogP contribution in [-0.2, 0) is 14.4 Å². The SMILES string of the molecule is CN(CC(=O)N1CCCC(C(=O)O)C1)C(=O)CSc1ccccc1. The summed E-state index contributed by atoms with van der Waals surface area (Å²) in [5, 5.41) is 9.08. The number of rotatable bonds is 6.